The molecule has 5 rings (SSSR count). The summed E-state index contributed by atoms with van der Waals surface area (Å²) in [5.74, 6) is -0.0531. The zero-order chi connectivity index (χ0) is 25.7. The van der Waals surface area contributed by atoms with Gasteiger partial charge in [0.2, 0.25) is 0 Å². The van der Waals surface area contributed by atoms with Crippen LogP contribution in [0, 0.1) is 7.14 Å². The number of rotatable bonds is 3. The third-order valence-electron chi connectivity index (χ3n) is 6.56. The van der Waals surface area contributed by atoms with Crippen LogP contribution in [-0.4, -0.2) is 47.2 Å². The highest BCUT2D eigenvalue weighted by molar-refractivity contribution is 14.1. The lowest BCUT2D eigenvalue weighted by atomic mass is 10.1. The molecule has 9 heteroatoms. The van der Waals surface area contributed by atoms with Crippen LogP contribution in [0.15, 0.2) is 60.3 Å². The summed E-state index contributed by atoms with van der Waals surface area (Å²) in [4.78, 5) is 30.6. The largest absolute Gasteiger partial charge is 0.367 e. The average Bonchev–Trinajstić information content (AvgIpc) is 2.88. The van der Waals surface area contributed by atoms with Crippen molar-refractivity contribution in [1.82, 2.24) is 4.90 Å². The molecular formula is C27H29Cl2I2N3O2. The van der Waals surface area contributed by atoms with Gasteiger partial charge in [-0.25, -0.2) is 0 Å². The Bertz CT molecular complexity index is 1100. The molecule has 0 aromatic heterocycles. The number of hydrogen-bond acceptors (Lipinski definition) is 3. The van der Waals surface area contributed by atoms with Gasteiger partial charge < -0.3 is 14.7 Å². The van der Waals surface area contributed by atoms with Gasteiger partial charge >= 0.3 is 0 Å². The minimum absolute atomic E-state index is 0.166. The Labute approximate surface area is 250 Å². The van der Waals surface area contributed by atoms with Gasteiger partial charge in [-0.3, -0.25) is 9.59 Å². The first-order valence-corrected chi connectivity index (χ1v) is 15.2. The molecule has 0 N–H and O–H groups in total. The second kappa shape index (κ2) is 12.7. The number of piperidine rings is 2. The summed E-state index contributed by atoms with van der Waals surface area (Å²) < 4.78 is 1.07. The molecule has 0 aliphatic carbocycles. The van der Waals surface area contributed by atoms with Gasteiger partial charge in [0.15, 0.2) is 4.33 Å². The molecule has 0 atom stereocenters. The molecule has 3 aliphatic rings. The molecule has 2 saturated heterocycles. The van der Waals surface area contributed by atoms with Crippen LogP contribution in [0.3, 0.4) is 0 Å². The SMILES string of the molecule is O=C1C(N2CCCCC2)=CCCN1c1ccc(I)cc1.O=C1N(c2ccc(I)cc2)CCCC1(Cl)Cl. The maximum absolute atomic E-state index is 12.7. The molecule has 0 bridgehead atoms. The summed E-state index contributed by atoms with van der Waals surface area (Å²) >= 11 is 16.5. The predicted molar refractivity (Wildman–Crippen MR) is 165 cm³/mol. The summed E-state index contributed by atoms with van der Waals surface area (Å²) in [6.07, 6.45) is 8.11. The molecule has 2 aromatic rings. The van der Waals surface area contributed by atoms with Crippen LogP contribution in [0.4, 0.5) is 11.4 Å². The van der Waals surface area contributed by atoms with Crippen LogP contribution in [0.1, 0.15) is 38.5 Å². The van der Waals surface area contributed by atoms with E-state index in [1.54, 1.807) is 4.90 Å². The molecule has 36 heavy (non-hydrogen) atoms. The van der Waals surface area contributed by atoms with E-state index >= 15 is 0 Å². The third kappa shape index (κ3) is 6.88. The number of anilines is 2. The van der Waals surface area contributed by atoms with Crippen molar-refractivity contribution in [2.75, 3.05) is 36.0 Å². The number of hydrogen-bond donors (Lipinski definition) is 0. The van der Waals surface area contributed by atoms with E-state index in [4.69, 9.17) is 23.2 Å². The minimum Gasteiger partial charge on any atom is -0.367 e. The zero-order valence-corrected chi connectivity index (χ0v) is 25.8. The molecule has 0 unspecified atom stereocenters. The van der Waals surface area contributed by atoms with Crippen molar-refractivity contribution < 1.29 is 9.59 Å². The van der Waals surface area contributed by atoms with Crippen molar-refractivity contribution in [1.29, 1.82) is 0 Å². The van der Waals surface area contributed by atoms with Crippen LogP contribution in [0.5, 0.6) is 0 Å². The monoisotopic (exact) mass is 751 g/mol. The van der Waals surface area contributed by atoms with E-state index in [0.29, 0.717) is 13.0 Å². The van der Waals surface area contributed by atoms with E-state index in [0.717, 1.165) is 53.1 Å². The Morgan fingerprint density at radius 2 is 1.25 bits per heavy atom. The van der Waals surface area contributed by atoms with Crippen molar-refractivity contribution in [3.8, 4) is 0 Å². The van der Waals surface area contributed by atoms with Crippen LogP contribution in [0.2, 0.25) is 0 Å². The van der Waals surface area contributed by atoms with E-state index in [1.807, 2.05) is 41.3 Å². The lowest BCUT2D eigenvalue weighted by molar-refractivity contribution is -0.120. The van der Waals surface area contributed by atoms with Gasteiger partial charge in [0.1, 0.15) is 0 Å². The van der Waals surface area contributed by atoms with E-state index in [1.165, 1.54) is 22.8 Å². The van der Waals surface area contributed by atoms with Gasteiger partial charge in [-0.2, -0.15) is 0 Å². The first kappa shape index (κ1) is 28.0. The quantitative estimate of drug-likeness (QED) is 0.251. The van der Waals surface area contributed by atoms with Crippen LogP contribution < -0.4 is 9.80 Å². The van der Waals surface area contributed by atoms with Crippen molar-refractivity contribution in [2.45, 2.75) is 42.9 Å². The Hall–Kier alpha value is -1.04. The minimum atomic E-state index is -1.26. The van der Waals surface area contributed by atoms with Gasteiger partial charge in [-0.1, -0.05) is 29.3 Å². The molecule has 2 fully saturated rings. The van der Waals surface area contributed by atoms with Crippen molar-refractivity contribution in [2.24, 2.45) is 0 Å². The fourth-order valence-electron chi connectivity index (χ4n) is 4.66. The third-order valence-corrected chi connectivity index (χ3v) is 8.70. The standard InChI is InChI=1S/C16H19IN2O.C11H10Cl2INO/c17-13-6-8-14(9-7-13)19-12-4-5-15(16(19)20)18-10-2-1-3-11-18;12-11(13)6-1-7-15(10(11)16)9-4-2-8(14)3-5-9/h5-9H,1-4,10-12H2;2-5H,1,6-7H2. The van der Waals surface area contributed by atoms with Gasteiger partial charge in [-0.05, 0) is 132 Å². The topological polar surface area (TPSA) is 43.9 Å². The number of halogens is 4. The Morgan fingerprint density at radius 1 is 0.694 bits per heavy atom. The molecule has 0 saturated carbocycles. The van der Waals surface area contributed by atoms with Gasteiger partial charge in [0.25, 0.3) is 11.8 Å². The maximum Gasteiger partial charge on any atom is 0.274 e. The molecule has 2 amide bonds. The molecule has 2 aromatic carbocycles. The second-order valence-electron chi connectivity index (χ2n) is 9.10. The van der Waals surface area contributed by atoms with E-state index in [2.05, 4.69) is 68.3 Å². The summed E-state index contributed by atoms with van der Waals surface area (Å²) in [5.41, 5.74) is 2.78. The molecule has 0 spiro atoms. The second-order valence-corrected chi connectivity index (χ2v) is 13.1. The van der Waals surface area contributed by atoms with E-state index in [9.17, 15) is 9.59 Å². The van der Waals surface area contributed by atoms with E-state index < -0.39 is 4.33 Å². The van der Waals surface area contributed by atoms with Crippen LogP contribution in [-0.2, 0) is 9.59 Å². The Balaban J connectivity index is 0.000000174. The van der Waals surface area contributed by atoms with Crippen LogP contribution in [0.25, 0.3) is 0 Å². The van der Waals surface area contributed by atoms with Gasteiger partial charge in [0.05, 0.1) is 5.70 Å². The number of carbonyl (C=O) groups excluding carboxylic acids is 2. The van der Waals surface area contributed by atoms with Crippen molar-refractivity contribution >= 4 is 91.6 Å². The van der Waals surface area contributed by atoms with Crippen molar-refractivity contribution in [3.63, 3.8) is 0 Å². The maximum atomic E-state index is 12.7. The molecule has 0 radical (unpaired) electrons. The Morgan fingerprint density at radius 3 is 1.83 bits per heavy atom. The molecule has 5 nitrogen and oxygen atoms in total. The highest BCUT2D eigenvalue weighted by Crippen LogP contribution is 2.35. The molecule has 3 heterocycles. The first-order valence-electron chi connectivity index (χ1n) is 12.2. The Kier molecular flexibility index (Phi) is 9.85. The number of likely N-dealkylation sites (tertiary alicyclic amines) is 1. The van der Waals surface area contributed by atoms with Gasteiger partial charge in [0, 0.05) is 44.7 Å². The number of alkyl halides is 2. The lowest BCUT2D eigenvalue weighted by Crippen LogP contribution is -2.47. The number of amides is 2. The number of benzene rings is 2. The fourth-order valence-corrected chi connectivity index (χ4v) is 5.85. The fraction of sp³-hybridized carbons (Fsp3) is 0.407. The smallest absolute Gasteiger partial charge is 0.274 e. The predicted octanol–water partition coefficient (Wildman–Crippen LogP) is 6.99. The number of nitrogens with zero attached hydrogens (tertiary/aromatic N) is 3. The normalized spacial score (nSPS) is 20.0. The molecular weight excluding hydrogens is 723 g/mol. The number of carbonyl (C=O) groups is 2. The van der Waals surface area contributed by atoms with Crippen molar-refractivity contribution in [3.05, 3.63) is 67.4 Å². The summed E-state index contributed by atoms with van der Waals surface area (Å²) in [6.45, 7) is 3.52. The first-order chi connectivity index (χ1) is 17.3. The summed E-state index contributed by atoms with van der Waals surface area (Å²) in [5, 5.41) is 0. The van der Waals surface area contributed by atoms with Gasteiger partial charge in [-0.15, -0.1) is 0 Å². The highest BCUT2D eigenvalue weighted by Gasteiger charge is 2.41. The molecule has 192 valence electrons. The lowest BCUT2D eigenvalue weighted by Gasteiger charge is -2.35. The summed E-state index contributed by atoms with van der Waals surface area (Å²) in [7, 11) is 0. The zero-order valence-electron chi connectivity index (χ0n) is 19.9. The average molecular weight is 752 g/mol. The van der Waals surface area contributed by atoms with Crippen LogP contribution >= 0.6 is 68.4 Å². The molecule has 3 aliphatic heterocycles. The summed E-state index contributed by atoms with van der Waals surface area (Å²) in [6, 6.07) is 15.9. The highest BCUT2D eigenvalue weighted by atomic mass is 127. The van der Waals surface area contributed by atoms with E-state index in [-0.39, 0.29) is 11.8 Å².